The van der Waals surface area contributed by atoms with Crippen molar-refractivity contribution in [1.82, 2.24) is 4.72 Å². The molecule has 1 rings (SSSR count). The first-order valence-corrected chi connectivity index (χ1v) is 9.15. The molecule has 1 heterocycles. The van der Waals surface area contributed by atoms with Crippen LogP contribution < -0.4 is 4.72 Å². The van der Waals surface area contributed by atoms with Crippen molar-refractivity contribution in [3.8, 4) is 0 Å². The third kappa shape index (κ3) is 7.98. The first-order chi connectivity index (χ1) is 9.46. The molecule has 0 amide bonds. The maximum atomic E-state index is 10.7. The van der Waals surface area contributed by atoms with Gasteiger partial charge in [-0.2, -0.15) is 21.6 Å². The lowest BCUT2D eigenvalue weighted by molar-refractivity contribution is -0.0658. The number of nitrogens with one attached hydrogen (secondary N) is 1. The highest BCUT2D eigenvalue weighted by molar-refractivity contribution is 7.83. The summed E-state index contributed by atoms with van der Waals surface area (Å²) in [5.74, 6) is 0. The molecule has 1 aliphatic rings. The van der Waals surface area contributed by atoms with Gasteiger partial charge in [-0.3, -0.25) is 13.3 Å². The van der Waals surface area contributed by atoms with Gasteiger partial charge in [0.05, 0.1) is 31.5 Å². The van der Waals surface area contributed by atoms with Crippen molar-refractivity contribution in [3.05, 3.63) is 0 Å². The lowest BCUT2D eigenvalue weighted by Crippen LogP contribution is -2.53. The largest absolute Gasteiger partial charge is 0.397 e. The summed E-state index contributed by atoms with van der Waals surface area (Å²) in [6, 6.07) is -1.20. The molecular weight excluding hydrogens is 358 g/mol. The van der Waals surface area contributed by atoms with Crippen molar-refractivity contribution in [2.75, 3.05) is 13.2 Å². The van der Waals surface area contributed by atoms with Gasteiger partial charge in [0, 0.05) is 6.42 Å². The predicted octanol–water partition coefficient (Wildman–Crippen LogP) is -2.73. The highest BCUT2D eigenvalue weighted by Crippen LogP contribution is 2.19. The van der Waals surface area contributed by atoms with E-state index in [0.29, 0.717) is 0 Å². The Balaban J connectivity index is 2.71. The quantitative estimate of drug-likeness (QED) is 0.269. The van der Waals surface area contributed by atoms with E-state index in [4.69, 9.17) is 13.8 Å². The summed E-state index contributed by atoms with van der Waals surface area (Å²) in [5, 5.41) is 0. The molecule has 15 heteroatoms. The molecule has 1 fully saturated rings. The van der Waals surface area contributed by atoms with Crippen molar-refractivity contribution < 1.29 is 47.5 Å². The second kappa shape index (κ2) is 7.25. The summed E-state index contributed by atoms with van der Waals surface area (Å²) >= 11 is 0. The molecule has 2 unspecified atom stereocenters. The Morgan fingerprint density at radius 3 is 2.33 bits per heavy atom. The summed E-state index contributed by atoms with van der Waals surface area (Å²) in [7, 11) is -12.6. The van der Waals surface area contributed by atoms with Crippen LogP contribution in [0.25, 0.3) is 0 Å². The van der Waals surface area contributed by atoms with Crippen molar-refractivity contribution in [1.29, 1.82) is 0 Å². The minimum Gasteiger partial charge on any atom is -0.374 e. The smallest absolute Gasteiger partial charge is 0.374 e. The lowest BCUT2D eigenvalue weighted by atomic mass is 10.0. The van der Waals surface area contributed by atoms with Crippen LogP contribution in [0.15, 0.2) is 0 Å². The second-order valence-corrected chi connectivity index (χ2v) is 6.91. The fourth-order valence-corrected chi connectivity index (χ4v) is 3.03. The molecule has 0 aliphatic carbocycles. The van der Waals surface area contributed by atoms with Crippen LogP contribution in [-0.4, -0.2) is 65.8 Å². The molecule has 0 aromatic heterocycles. The van der Waals surface area contributed by atoms with Crippen molar-refractivity contribution in [2.24, 2.45) is 0 Å². The van der Waals surface area contributed by atoms with Crippen LogP contribution in [-0.2, 0) is 44.8 Å². The van der Waals surface area contributed by atoms with Crippen LogP contribution in [0.3, 0.4) is 0 Å². The molecule has 21 heavy (non-hydrogen) atoms. The van der Waals surface area contributed by atoms with Gasteiger partial charge in [-0.25, -0.2) is 12.6 Å². The van der Waals surface area contributed by atoms with Crippen LogP contribution in [0.5, 0.6) is 0 Å². The number of hydrogen-bond acceptors (Lipinski definition) is 9. The molecule has 0 saturated carbocycles. The average Bonchev–Trinajstić information content (AvgIpc) is 2.26. The van der Waals surface area contributed by atoms with E-state index in [1.165, 1.54) is 0 Å². The van der Waals surface area contributed by atoms with Gasteiger partial charge >= 0.3 is 20.7 Å². The Kier molecular flexibility index (Phi) is 6.44. The first-order valence-electron chi connectivity index (χ1n) is 5.25. The van der Waals surface area contributed by atoms with E-state index in [1.54, 1.807) is 4.72 Å². The van der Waals surface area contributed by atoms with Crippen molar-refractivity contribution >= 4 is 31.7 Å². The topological polar surface area (TPSA) is 183 Å². The molecule has 0 radical (unpaired) electrons. The summed E-state index contributed by atoms with van der Waals surface area (Å²) < 4.78 is 95.7. The summed E-state index contributed by atoms with van der Waals surface area (Å²) in [6.07, 6.45) is -2.46. The molecule has 1 saturated heterocycles. The zero-order valence-electron chi connectivity index (χ0n) is 10.2. The van der Waals surface area contributed by atoms with Gasteiger partial charge < -0.3 is 4.74 Å². The standard InChI is InChI=1S/C6H13NO11S3/c8-19(9)18-6-1-4(2-17-21(13,14)15)16-3-5(6)7-20(10,11)12/h4-7,19H,1-3H2,(H,10,11,12)(H,13,14,15)/t4?,5?,6-/m1/s1. The number of thiol groups is 1. The summed E-state index contributed by atoms with van der Waals surface area (Å²) in [6.45, 7) is -1.03. The predicted molar refractivity (Wildman–Crippen MR) is 65.5 cm³/mol. The van der Waals surface area contributed by atoms with Crippen LogP contribution in [0.1, 0.15) is 6.42 Å². The molecule has 0 aromatic rings. The fourth-order valence-electron chi connectivity index (χ4n) is 1.64. The van der Waals surface area contributed by atoms with Gasteiger partial charge in [0.2, 0.25) is 0 Å². The maximum Gasteiger partial charge on any atom is 0.397 e. The average molecular weight is 371 g/mol. The molecule has 12 nitrogen and oxygen atoms in total. The molecule has 3 atom stereocenters. The highest BCUT2D eigenvalue weighted by atomic mass is 32.3. The van der Waals surface area contributed by atoms with E-state index in [0.717, 1.165) is 0 Å². The van der Waals surface area contributed by atoms with Gasteiger partial charge in [-0.15, -0.1) is 0 Å². The maximum absolute atomic E-state index is 10.7. The number of ether oxygens (including phenoxy) is 1. The Morgan fingerprint density at radius 1 is 1.24 bits per heavy atom. The van der Waals surface area contributed by atoms with Crippen molar-refractivity contribution in [3.63, 3.8) is 0 Å². The molecule has 3 N–H and O–H groups in total. The van der Waals surface area contributed by atoms with E-state index < -0.39 is 63.2 Å². The Hall–Kier alpha value is -0.390. The Bertz CT molecular complexity index is 614. The van der Waals surface area contributed by atoms with E-state index in [2.05, 4.69) is 8.37 Å². The van der Waals surface area contributed by atoms with Crippen LogP contribution in [0, 0.1) is 0 Å². The summed E-state index contributed by atoms with van der Waals surface area (Å²) in [4.78, 5) is 0. The minimum absolute atomic E-state index is 0.258. The zero-order valence-corrected chi connectivity index (χ0v) is 12.7. The van der Waals surface area contributed by atoms with Gasteiger partial charge in [0.15, 0.2) is 0 Å². The van der Waals surface area contributed by atoms with E-state index in [1.807, 2.05) is 0 Å². The number of rotatable bonds is 7. The minimum atomic E-state index is -4.70. The molecular formula is C6H13NO11S3. The molecule has 0 aromatic carbocycles. The molecule has 0 bridgehead atoms. The SMILES string of the molecule is O=[SH](=O)O[C@@H]1CC(COS(=O)(=O)O)OCC1NS(=O)(=O)O. The van der Waals surface area contributed by atoms with Gasteiger partial charge in [0.1, 0.15) is 0 Å². The molecule has 0 spiro atoms. The van der Waals surface area contributed by atoms with Gasteiger partial charge in [-0.1, -0.05) is 0 Å². The van der Waals surface area contributed by atoms with E-state index in [-0.39, 0.29) is 6.42 Å². The lowest BCUT2D eigenvalue weighted by Gasteiger charge is -2.33. The fraction of sp³-hybridized carbons (Fsp3) is 1.00. The normalized spacial score (nSPS) is 27.9. The molecule has 1 aliphatic heterocycles. The van der Waals surface area contributed by atoms with Crippen LogP contribution in [0.2, 0.25) is 0 Å². The van der Waals surface area contributed by atoms with Crippen LogP contribution in [0.4, 0.5) is 0 Å². The second-order valence-electron chi connectivity index (χ2n) is 3.97. The third-order valence-electron chi connectivity index (χ3n) is 2.38. The third-order valence-corrected chi connectivity index (χ3v) is 3.86. The molecule has 126 valence electrons. The first kappa shape index (κ1) is 18.7. The monoisotopic (exact) mass is 371 g/mol. The highest BCUT2D eigenvalue weighted by Gasteiger charge is 2.35. The van der Waals surface area contributed by atoms with Gasteiger partial charge in [0.25, 0.3) is 11.0 Å². The summed E-state index contributed by atoms with van der Waals surface area (Å²) in [5.41, 5.74) is 0. The van der Waals surface area contributed by atoms with E-state index >= 15 is 0 Å². The Morgan fingerprint density at radius 2 is 1.86 bits per heavy atom. The van der Waals surface area contributed by atoms with Gasteiger partial charge in [-0.05, 0) is 0 Å². The Labute approximate surface area is 122 Å². The van der Waals surface area contributed by atoms with Crippen LogP contribution >= 0.6 is 0 Å². The zero-order chi connectivity index (χ0) is 16.3. The van der Waals surface area contributed by atoms with E-state index in [9.17, 15) is 25.3 Å². The van der Waals surface area contributed by atoms with Crippen molar-refractivity contribution in [2.45, 2.75) is 24.7 Å². The number of hydrogen-bond donors (Lipinski definition) is 4.